The van der Waals surface area contributed by atoms with Gasteiger partial charge >= 0.3 is 0 Å². The molecule has 1 aliphatic rings. The largest absolute Gasteiger partial charge is 0.418 e. The van der Waals surface area contributed by atoms with Crippen LogP contribution in [0.25, 0.3) is 17.1 Å². The number of rotatable bonds is 6. The molecule has 5 aromatic rings. The van der Waals surface area contributed by atoms with Crippen LogP contribution >= 0.6 is 0 Å². The van der Waals surface area contributed by atoms with Crippen LogP contribution in [-0.2, 0) is 13.2 Å². The second-order valence-corrected chi connectivity index (χ2v) is 8.98. The van der Waals surface area contributed by atoms with Gasteiger partial charge < -0.3 is 25.1 Å². The van der Waals surface area contributed by atoms with Crippen molar-refractivity contribution in [2.24, 2.45) is 0 Å². The Balaban J connectivity index is 1.44. The Labute approximate surface area is 217 Å². The number of para-hydroxylation sites is 1. The lowest BCUT2D eigenvalue weighted by Crippen LogP contribution is -2.27. The van der Waals surface area contributed by atoms with Gasteiger partial charge in [-0.1, -0.05) is 6.07 Å². The molecular weight excluding hydrogens is 486 g/mol. The van der Waals surface area contributed by atoms with E-state index in [2.05, 4.69) is 50.8 Å². The lowest BCUT2D eigenvalue weighted by atomic mass is 10.1. The molecule has 6 rings (SSSR count). The third-order valence-electron chi connectivity index (χ3n) is 6.01. The van der Waals surface area contributed by atoms with Crippen LogP contribution < -0.4 is 15.5 Å². The Bertz CT molecular complexity index is 1640. The number of aliphatic hydroxyl groups is 1. The van der Waals surface area contributed by atoms with E-state index in [1.54, 1.807) is 6.20 Å². The number of fused-ring (bicyclic) bond motifs is 3. The van der Waals surface area contributed by atoms with Crippen molar-refractivity contribution in [3.8, 4) is 17.1 Å². The summed E-state index contributed by atoms with van der Waals surface area (Å²) in [5, 5.41) is 28.8. The lowest BCUT2D eigenvalue weighted by molar-refractivity contribution is 0.241. The van der Waals surface area contributed by atoms with Crippen molar-refractivity contribution in [1.29, 1.82) is 0 Å². The molecule has 0 saturated heterocycles. The minimum absolute atomic E-state index is 0.117. The molecule has 0 spiro atoms. The Kier molecular flexibility index (Phi) is 5.68. The Hall–Kier alpha value is -4.91. The summed E-state index contributed by atoms with van der Waals surface area (Å²) in [7, 11) is 2.02. The monoisotopic (exact) mass is 511 g/mol. The third-order valence-corrected chi connectivity index (χ3v) is 6.01. The van der Waals surface area contributed by atoms with Crippen LogP contribution in [0.1, 0.15) is 29.1 Å². The molecular formula is C25H25N11O2. The van der Waals surface area contributed by atoms with Gasteiger partial charge in [-0.25, -0.2) is 24.6 Å². The van der Waals surface area contributed by atoms with Crippen LogP contribution in [0.3, 0.4) is 0 Å². The second-order valence-electron chi connectivity index (χ2n) is 8.98. The van der Waals surface area contributed by atoms with Crippen molar-refractivity contribution in [3.05, 3.63) is 65.6 Å². The minimum atomic E-state index is -0.355. The molecule has 4 aromatic heterocycles. The summed E-state index contributed by atoms with van der Waals surface area (Å²) in [4.78, 5) is 20.0. The number of pyridine rings is 1. The van der Waals surface area contributed by atoms with E-state index in [0.717, 1.165) is 34.4 Å². The van der Waals surface area contributed by atoms with Crippen LogP contribution in [0.4, 0.5) is 28.7 Å². The van der Waals surface area contributed by atoms with E-state index >= 15 is 0 Å². The van der Waals surface area contributed by atoms with Gasteiger partial charge in [0.25, 0.3) is 5.89 Å². The molecule has 0 aliphatic carbocycles. The standard InChI is InChI=1S/C25H25N11O2/c1-13-8-21(28-14(2)27-13)31-20-9-18(16(10-26-20)25-33-32-23(12-37)38-25)30-17-6-5-7-19-24(17)35(4)11-22-29-15(3)34-36(19)22/h5-10,37H,11-12H2,1-4H3,(H2,26,27,28,30,31). The molecule has 3 N–H and O–H groups in total. The topological polar surface area (TPSA) is 156 Å². The fourth-order valence-corrected chi connectivity index (χ4v) is 4.53. The SMILES string of the molecule is Cc1cc(Nc2cc(Nc3cccc4c3N(C)Cc3nc(C)nn3-4)c(-c3nnc(CO)o3)cn2)nc(C)n1. The third kappa shape index (κ3) is 4.28. The number of aliphatic hydroxyl groups excluding tert-OH is 1. The van der Waals surface area contributed by atoms with Gasteiger partial charge in [0.2, 0.25) is 5.89 Å². The predicted octanol–water partition coefficient (Wildman–Crippen LogP) is 3.36. The van der Waals surface area contributed by atoms with Crippen LogP contribution in [0.15, 0.2) is 40.9 Å². The normalized spacial score (nSPS) is 12.3. The fraction of sp³-hybridized carbons (Fsp3) is 0.240. The molecule has 1 aromatic carbocycles. The van der Waals surface area contributed by atoms with E-state index in [0.29, 0.717) is 35.3 Å². The van der Waals surface area contributed by atoms with E-state index in [9.17, 15) is 5.11 Å². The molecule has 0 radical (unpaired) electrons. The fourth-order valence-electron chi connectivity index (χ4n) is 4.53. The van der Waals surface area contributed by atoms with Gasteiger partial charge in [-0.15, -0.1) is 10.2 Å². The van der Waals surface area contributed by atoms with Gasteiger partial charge in [-0.3, -0.25) is 0 Å². The highest BCUT2D eigenvalue weighted by Gasteiger charge is 2.25. The molecule has 38 heavy (non-hydrogen) atoms. The predicted molar refractivity (Wildman–Crippen MR) is 140 cm³/mol. The summed E-state index contributed by atoms with van der Waals surface area (Å²) >= 11 is 0. The Morgan fingerprint density at radius 1 is 0.974 bits per heavy atom. The molecule has 0 fully saturated rings. The van der Waals surface area contributed by atoms with Crippen molar-refractivity contribution in [1.82, 2.24) is 39.9 Å². The van der Waals surface area contributed by atoms with E-state index in [4.69, 9.17) is 4.42 Å². The lowest BCUT2D eigenvalue weighted by Gasteiger charge is -2.30. The average molecular weight is 512 g/mol. The molecule has 0 saturated carbocycles. The zero-order valence-electron chi connectivity index (χ0n) is 21.3. The molecule has 192 valence electrons. The Morgan fingerprint density at radius 2 is 1.84 bits per heavy atom. The number of nitrogens with zero attached hydrogens (tertiary/aromatic N) is 9. The number of benzene rings is 1. The summed E-state index contributed by atoms with van der Waals surface area (Å²) in [6.07, 6.45) is 1.64. The van der Waals surface area contributed by atoms with Crippen molar-refractivity contribution < 1.29 is 9.52 Å². The van der Waals surface area contributed by atoms with Crippen molar-refractivity contribution >= 4 is 28.7 Å². The second kappa shape index (κ2) is 9.19. The average Bonchev–Trinajstić information content (AvgIpc) is 3.50. The number of aryl methyl sites for hydroxylation is 3. The van der Waals surface area contributed by atoms with Gasteiger partial charge in [-0.05, 0) is 32.9 Å². The summed E-state index contributed by atoms with van der Waals surface area (Å²) in [5.41, 5.74) is 4.81. The quantitative estimate of drug-likeness (QED) is 0.306. The summed E-state index contributed by atoms with van der Waals surface area (Å²) < 4.78 is 7.52. The first-order chi connectivity index (χ1) is 18.4. The Morgan fingerprint density at radius 3 is 2.63 bits per heavy atom. The molecule has 13 heteroatoms. The van der Waals surface area contributed by atoms with E-state index in [1.165, 1.54) is 0 Å². The molecule has 0 unspecified atom stereocenters. The number of nitrogens with one attached hydrogen (secondary N) is 2. The number of aromatic nitrogens is 8. The maximum atomic E-state index is 9.43. The highest BCUT2D eigenvalue weighted by atomic mass is 16.4. The molecule has 0 atom stereocenters. The van der Waals surface area contributed by atoms with Gasteiger partial charge in [0, 0.05) is 31.1 Å². The van der Waals surface area contributed by atoms with Crippen molar-refractivity contribution in [2.45, 2.75) is 33.9 Å². The van der Waals surface area contributed by atoms with Crippen LogP contribution in [0.5, 0.6) is 0 Å². The van der Waals surface area contributed by atoms with Gasteiger partial charge in [0.1, 0.15) is 29.9 Å². The maximum Gasteiger partial charge on any atom is 0.251 e. The van der Waals surface area contributed by atoms with E-state index in [-0.39, 0.29) is 18.4 Å². The van der Waals surface area contributed by atoms with Crippen molar-refractivity contribution in [2.75, 3.05) is 22.6 Å². The minimum Gasteiger partial charge on any atom is -0.418 e. The number of hydrogen-bond acceptors (Lipinski definition) is 12. The van der Waals surface area contributed by atoms with Gasteiger partial charge in [0.05, 0.1) is 34.9 Å². The van der Waals surface area contributed by atoms with Crippen LogP contribution in [0.2, 0.25) is 0 Å². The summed E-state index contributed by atoms with van der Waals surface area (Å²) in [6.45, 7) is 5.89. The zero-order chi connectivity index (χ0) is 26.4. The maximum absolute atomic E-state index is 9.43. The zero-order valence-corrected chi connectivity index (χ0v) is 21.3. The van der Waals surface area contributed by atoms with Crippen LogP contribution in [-0.4, -0.2) is 52.1 Å². The highest BCUT2D eigenvalue weighted by molar-refractivity contribution is 5.87. The summed E-state index contributed by atoms with van der Waals surface area (Å²) in [5.74, 6) is 3.80. The first-order valence-corrected chi connectivity index (χ1v) is 11.9. The molecule has 0 amide bonds. The van der Waals surface area contributed by atoms with Crippen molar-refractivity contribution in [3.63, 3.8) is 0 Å². The molecule has 5 heterocycles. The summed E-state index contributed by atoms with van der Waals surface area (Å²) in [6, 6.07) is 9.66. The molecule has 0 bridgehead atoms. The highest BCUT2D eigenvalue weighted by Crippen LogP contribution is 2.40. The first kappa shape index (κ1) is 23.5. The smallest absolute Gasteiger partial charge is 0.251 e. The first-order valence-electron chi connectivity index (χ1n) is 11.9. The van der Waals surface area contributed by atoms with Crippen LogP contribution in [0, 0.1) is 20.8 Å². The molecule has 13 nitrogen and oxygen atoms in total. The van der Waals surface area contributed by atoms with E-state index in [1.807, 2.05) is 62.8 Å². The van der Waals surface area contributed by atoms with E-state index < -0.39 is 0 Å². The van der Waals surface area contributed by atoms with Gasteiger partial charge in [0.15, 0.2) is 5.82 Å². The van der Waals surface area contributed by atoms with Gasteiger partial charge in [-0.2, -0.15) is 5.10 Å². The number of anilines is 5. The number of hydrogen-bond donors (Lipinski definition) is 3. The molecule has 1 aliphatic heterocycles.